The zero-order valence-electron chi connectivity index (χ0n) is 18.2. The van der Waals surface area contributed by atoms with E-state index in [9.17, 15) is 9.18 Å². The molecule has 0 atom stereocenters. The fourth-order valence-electron chi connectivity index (χ4n) is 2.94. The second-order valence-corrected chi connectivity index (χ2v) is 7.58. The van der Waals surface area contributed by atoms with E-state index in [0.717, 1.165) is 0 Å². The Morgan fingerprint density at radius 3 is 2.45 bits per heavy atom. The van der Waals surface area contributed by atoms with Gasteiger partial charge in [-0.25, -0.2) is 9.82 Å². The number of hydrogen-bond donors (Lipinski definition) is 1. The quantitative estimate of drug-likeness (QED) is 0.321. The van der Waals surface area contributed by atoms with Crippen LogP contribution in [0.5, 0.6) is 23.0 Å². The topological polar surface area (TPSA) is 78.4 Å². The number of nitrogens with zero attached hydrogens (tertiary/aromatic N) is 1. The maximum atomic E-state index is 13.4. The van der Waals surface area contributed by atoms with Crippen molar-refractivity contribution in [1.82, 2.24) is 5.43 Å². The molecule has 3 rings (SSSR count). The number of nitrogens with one attached hydrogen (secondary N) is 1. The average molecular weight is 517 g/mol. The van der Waals surface area contributed by atoms with Gasteiger partial charge in [0, 0.05) is 5.56 Å². The molecule has 0 heterocycles. The number of rotatable bonds is 9. The summed E-state index contributed by atoms with van der Waals surface area (Å²) in [5, 5.41) is 4.01. The molecule has 9 heteroatoms. The highest BCUT2D eigenvalue weighted by Crippen LogP contribution is 2.37. The summed E-state index contributed by atoms with van der Waals surface area (Å²) in [6.45, 7) is 0.168. The second-order valence-electron chi connectivity index (χ2n) is 6.72. The highest BCUT2D eigenvalue weighted by Gasteiger charge is 2.13. The lowest BCUT2D eigenvalue weighted by Gasteiger charge is -2.13. The largest absolute Gasteiger partial charge is 0.493 e. The Morgan fingerprint density at radius 2 is 1.76 bits per heavy atom. The van der Waals surface area contributed by atoms with E-state index >= 15 is 0 Å². The molecule has 0 aliphatic rings. The maximum Gasteiger partial charge on any atom is 0.271 e. The van der Waals surface area contributed by atoms with Crippen LogP contribution in [0.1, 0.15) is 21.5 Å². The number of carbonyl (C=O) groups is 1. The van der Waals surface area contributed by atoms with Crippen molar-refractivity contribution in [2.45, 2.75) is 6.61 Å². The summed E-state index contributed by atoms with van der Waals surface area (Å²) >= 11 is 3.46. The van der Waals surface area contributed by atoms with Gasteiger partial charge in [-0.15, -0.1) is 0 Å². The van der Waals surface area contributed by atoms with Crippen LogP contribution in [0.4, 0.5) is 4.39 Å². The second kappa shape index (κ2) is 11.3. The van der Waals surface area contributed by atoms with Crippen LogP contribution in [0, 0.1) is 5.82 Å². The van der Waals surface area contributed by atoms with Crippen molar-refractivity contribution in [1.29, 1.82) is 0 Å². The lowest BCUT2D eigenvalue weighted by atomic mass is 10.2. The maximum absolute atomic E-state index is 13.4. The Morgan fingerprint density at radius 1 is 1.00 bits per heavy atom. The van der Waals surface area contributed by atoms with Crippen LogP contribution in [0.2, 0.25) is 0 Å². The molecule has 7 nitrogen and oxygen atoms in total. The SMILES string of the molecule is COc1ccc(C(=O)N/N=C/c2cc(Br)c(OCc3cccc(F)c3)c(OC)c2)cc1OC. The van der Waals surface area contributed by atoms with Crippen molar-refractivity contribution >= 4 is 28.1 Å². The molecule has 0 radical (unpaired) electrons. The third kappa shape index (κ3) is 6.23. The van der Waals surface area contributed by atoms with E-state index in [0.29, 0.717) is 44.2 Å². The molecule has 1 amide bonds. The van der Waals surface area contributed by atoms with E-state index in [1.54, 1.807) is 42.5 Å². The van der Waals surface area contributed by atoms with Gasteiger partial charge in [0.25, 0.3) is 5.91 Å². The van der Waals surface area contributed by atoms with Gasteiger partial charge in [-0.1, -0.05) is 12.1 Å². The molecule has 0 aliphatic heterocycles. The highest BCUT2D eigenvalue weighted by molar-refractivity contribution is 9.10. The van der Waals surface area contributed by atoms with E-state index in [1.807, 2.05) is 0 Å². The zero-order chi connectivity index (χ0) is 23.8. The Balaban J connectivity index is 1.69. The van der Waals surface area contributed by atoms with E-state index < -0.39 is 5.91 Å². The number of halogens is 2. The fourth-order valence-corrected chi connectivity index (χ4v) is 3.52. The molecule has 0 saturated heterocycles. The third-order valence-electron chi connectivity index (χ3n) is 4.55. The van der Waals surface area contributed by atoms with Crippen LogP contribution in [-0.2, 0) is 6.61 Å². The first kappa shape index (κ1) is 24.1. The van der Waals surface area contributed by atoms with Gasteiger partial charge in [-0.2, -0.15) is 5.10 Å². The van der Waals surface area contributed by atoms with Crippen LogP contribution in [0.25, 0.3) is 0 Å². The predicted molar refractivity (Wildman–Crippen MR) is 126 cm³/mol. The number of hydrogen-bond acceptors (Lipinski definition) is 6. The molecule has 0 spiro atoms. The Bertz CT molecular complexity index is 1170. The van der Waals surface area contributed by atoms with Crippen molar-refractivity contribution in [2.24, 2.45) is 5.10 Å². The Hall–Kier alpha value is -3.59. The minimum Gasteiger partial charge on any atom is -0.493 e. The smallest absolute Gasteiger partial charge is 0.271 e. The van der Waals surface area contributed by atoms with Crippen molar-refractivity contribution in [3.8, 4) is 23.0 Å². The number of carbonyl (C=O) groups excluding carboxylic acids is 1. The number of hydrazone groups is 1. The van der Waals surface area contributed by atoms with Gasteiger partial charge in [0.1, 0.15) is 12.4 Å². The number of amides is 1. The van der Waals surface area contributed by atoms with E-state index in [2.05, 4.69) is 26.5 Å². The van der Waals surface area contributed by atoms with Crippen LogP contribution in [-0.4, -0.2) is 33.5 Å². The standard InChI is InChI=1S/C24H22BrFN2O5/c1-30-20-8-7-17(12-21(20)31-2)24(29)28-27-13-16-10-19(25)23(22(11-16)32-3)33-14-15-5-4-6-18(26)9-15/h4-13H,14H2,1-3H3,(H,28,29)/b27-13+. The average Bonchev–Trinajstić information content (AvgIpc) is 2.82. The van der Waals surface area contributed by atoms with E-state index in [4.69, 9.17) is 18.9 Å². The molecule has 3 aromatic rings. The minimum atomic E-state index is -0.409. The molecule has 0 unspecified atom stereocenters. The summed E-state index contributed by atoms with van der Waals surface area (Å²) in [5.74, 6) is 1.14. The van der Waals surface area contributed by atoms with Crippen LogP contribution in [0.3, 0.4) is 0 Å². The van der Waals surface area contributed by atoms with Gasteiger partial charge >= 0.3 is 0 Å². The molecular weight excluding hydrogens is 495 g/mol. The van der Waals surface area contributed by atoms with Crippen LogP contribution >= 0.6 is 15.9 Å². The number of ether oxygens (including phenoxy) is 4. The number of benzene rings is 3. The van der Waals surface area contributed by atoms with Gasteiger partial charge < -0.3 is 18.9 Å². The van der Waals surface area contributed by atoms with E-state index in [-0.39, 0.29) is 12.4 Å². The monoisotopic (exact) mass is 516 g/mol. The molecule has 0 bridgehead atoms. The predicted octanol–water partition coefficient (Wildman–Crippen LogP) is 4.96. The first-order valence-corrected chi connectivity index (χ1v) is 10.5. The van der Waals surface area contributed by atoms with Gasteiger partial charge in [0.15, 0.2) is 23.0 Å². The molecule has 1 N–H and O–H groups in total. The van der Waals surface area contributed by atoms with Gasteiger partial charge in [0.2, 0.25) is 0 Å². The summed E-state index contributed by atoms with van der Waals surface area (Å²) in [7, 11) is 4.52. The lowest BCUT2D eigenvalue weighted by molar-refractivity contribution is 0.0954. The Kier molecular flexibility index (Phi) is 8.26. The van der Waals surface area contributed by atoms with Gasteiger partial charge in [-0.05, 0) is 69.5 Å². The lowest BCUT2D eigenvalue weighted by Crippen LogP contribution is -2.17. The van der Waals surface area contributed by atoms with Crippen molar-refractivity contribution in [2.75, 3.05) is 21.3 Å². The zero-order valence-corrected chi connectivity index (χ0v) is 19.8. The summed E-state index contributed by atoms with van der Waals surface area (Å²) in [5.41, 5.74) is 4.18. The minimum absolute atomic E-state index is 0.168. The molecule has 172 valence electrons. The van der Waals surface area contributed by atoms with Crippen LogP contribution in [0.15, 0.2) is 64.2 Å². The first-order valence-electron chi connectivity index (χ1n) is 9.75. The molecule has 0 saturated carbocycles. The summed E-state index contributed by atoms with van der Waals surface area (Å²) in [6.07, 6.45) is 1.47. The summed E-state index contributed by atoms with van der Waals surface area (Å²) in [6, 6.07) is 14.4. The van der Waals surface area contributed by atoms with Crippen LogP contribution < -0.4 is 24.4 Å². The van der Waals surface area contributed by atoms with Gasteiger partial charge in [-0.3, -0.25) is 4.79 Å². The first-order chi connectivity index (χ1) is 15.9. The molecule has 3 aromatic carbocycles. The summed E-state index contributed by atoms with van der Waals surface area (Å²) < 4.78 is 35.6. The Labute approximate surface area is 199 Å². The number of methoxy groups -OCH3 is 3. The third-order valence-corrected chi connectivity index (χ3v) is 5.14. The fraction of sp³-hybridized carbons (Fsp3) is 0.167. The van der Waals surface area contributed by atoms with Gasteiger partial charge in [0.05, 0.1) is 32.0 Å². The van der Waals surface area contributed by atoms with Crippen molar-refractivity contribution in [3.05, 3.63) is 81.6 Å². The summed E-state index contributed by atoms with van der Waals surface area (Å²) in [4.78, 5) is 12.4. The highest BCUT2D eigenvalue weighted by atomic mass is 79.9. The normalized spacial score (nSPS) is 10.7. The molecular formula is C24H22BrFN2O5. The van der Waals surface area contributed by atoms with Crippen molar-refractivity contribution in [3.63, 3.8) is 0 Å². The van der Waals surface area contributed by atoms with Crippen molar-refractivity contribution < 1.29 is 28.1 Å². The molecule has 0 aliphatic carbocycles. The molecule has 33 heavy (non-hydrogen) atoms. The van der Waals surface area contributed by atoms with E-state index in [1.165, 1.54) is 39.7 Å². The molecule has 0 fully saturated rings. The molecule has 0 aromatic heterocycles.